The highest BCUT2D eigenvalue weighted by Crippen LogP contribution is 2.20. The lowest BCUT2D eigenvalue weighted by molar-refractivity contribution is 0.497. The quantitative estimate of drug-likeness (QED) is 0.558. The van der Waals surface area contributed by atoms with Crippen LogP contribution in [0.1, 0.15) is 18.4 Å². The van der Waals surface area contributed by atoms with Crippen LogP contribution < -0.4 is 0 Å². The van der Waals surface area contributed by atoms with E-state index in [9.17, 15) is 0 Å². The van der Waals surface area contributed by atoms with E-state index in [1.807, 2.05) is 30.3 Å². The summed E-state index contributed by atoms with van der Waals surface area (Å²) in [5.74, 6) is 2.55. The lowest BCUT2D eigenvalue weighted by atomic mass is 10.2. The van der Waals surface area contributed by atoms with E-state index < -0.39 is 0 Å². The van der Waals surface area contributed by atoms with Gasteiger partial charge >= 0.3 is 0 Å². The van der Waals surface area contributed by atoms with Crippen molar-refractivity contribution in [3.63, 3.8) is 0 Å². The highest BCUT2D eigenvalue weighted by molar-refractivity contribution is 5.87. The Bertz CT molecular complexity index is 344. The lowest BCUT2D eigenvalue weighted by Crippen LogP contribution is -2.17. The molecule has 0 radical (unpaired) electrons. The Morgan fingerprint density at radius 3 is 2.36 bits per heavy atom. The zero-order valence-corrected chi connectivity index (χ0v) is 8.16. The maximum Gasteiger partial charge on any atom is 0.106 e. The summed E-state index contributed by atoms with van der Waals surface area (Å²) in [4.78, 5) is 2.24. The van der Waals surface area contributed by atoms with Crippen LogP contribution in [0.4, 0.5) is 0 Å². The molecule has 14 heavy (non-hydrogen) atoms. The van der Waals surface area contributed by atoms with Crippen LogP contribution in [0.15, 0.2) is 30.3 Å². The van der Waals surface area contributed by atoms with E-state index in [1.165, 1.54) is 12.8 Å². The molecule has 1 fully saturated rings. The van der Waals surface area contributed by atoms with Gasteiger partial charge in [0.15, 0.2) is 0 Å². The molecule has 0 bridgehead atoms. The van der Waals surface area contributed by atoms with Gasteiger partial charge in [0.25, 0.3) is 0 Å². The summed E-state index contributed by atoms with van der Waals surface area (Å²) in [6, 6.07) is 10.1. The topological polar surface area (TPSA) is 27.1 Å². The molecule has 1 N–H and O–H groups in total. The predicted octanol–water partition coefficient (Wildman–Crippen LogP) is 2.37. The summed E-state index contributed by atoms with van der Waals surface area (Å²) < 4.78 is 0. The molecule has 2 nitrogen and oxygen atoms in total. The molecule has 0 atom stereocenters. The van der Waals surface area contributed by atoms with Crippen LogP contribution in [0.3, 0.4) is 0 Å². The Morgan fingerprint density at radius 1 is 1.14 bits per heavy atom. The van der Waals surface area contributed by atoms with E-state index in [4.69, 9.17) is 5.41 Å². The van der Waals surface area contributed by atoms with Crippen LogP contribution >= 0.6 is 0 Å². The molecule has 0 aliphatic carbocycles. The molecule has 1 heterocycles. The highest BCUT2D eigenvalue weighted by atomic mass is 15.9. The molecule has 1 saturated heterocycles. The first-order valence-corrected chi connectivity index (χ1v) is 5.02. The van der Waals surface area contributed by atoms with Crippen molar-refractivity contribution in [3.05, 3.63) is 35.9 Å². The Balaban J connectivity index is 2.27. The molecule has 0 saturated carbocycles. The average molecular weight is 187 g/mol. The van der Waals surface area contributed by atoms with Gasteiger partial charge in [-0.15, -0.1) is 0 Å². The summed E-state index contributed by atoms with van der Waals surface area (Å²) in [7, 11) is 0. The van der Waals surface area contributed by atoms with Crippen LogP contribution in [-0.4, -0.2) is 23.9 Å². The zero-order valence-electron chi connectivity index (χ0n) is 8.16. The van der Waals surface area contributed by atoms with E-state index >= 15 is 0 Å². The van der Waals surface area contributed by atoms with Gasteiger partial charge in [-0.3, -0.25) is 5.41 Å². The van der Waals surface area contributed by atoms with Crippen LogP contribution in [0, 0.1) is 5.41 Å². The van der Waals surface area contributed by atoms with Crippen LogP contribution in [0.25, 0.3) is 5.70 Å². The van der Waals surface area contributed by atoms with Gasteiger partial charge < -0.3 is 4.90 Å². The summed E-state index contributed by atoms with van der Waals surface area (Å²) in [5.41, 5.74) is 2.03. The predicted molar refractivity (Wildman–Crippen MR) is 58.4 cm³/mol. The lowest BCUT2D eigenvalue weighted by Gasteiger charge is -2.18. The Morgan fingerprint density at radius 2 is 1.79 bits per heavy atom. The molecule has 0 unspecified atom stereocenters. The highest BCUT2D eigenvalue weighted by Gasteiger charge is 2.15. The normalized spacial score (nSPS) is 15.3. The van der Waals surface area contributed by atoms with Gasteiger partial charge in [0.1, 0.15) is 5.70 Å². The second kappa shape index (κ2) is 4.12. The van der Waals surface area contributed by atoms with E-state index in [2.05, 4.69) is 10.8 Å². The molecule has 1 aliphatic rings. The molecule has 1 aromatic carbocycles. The smallest absolute Gasteiger partial charge is 0.106 e. The fourth-order valence-corrected chi connectivity index (χ4v) is 1.87. The molecule has 0 spiro atoms. The monoisotopic (exact) mass is 187 g/mol. The van der Waals surface area contributed by atoms with Gasteiger partial charge in [-0.25, -0.2) is 0 Å². The van der Waals surface area contributed by atoms with E-state index in [-0.39, 0.29) is 0 Å². The standard InChI is InChI=1S/C12H14N2/c13-10-12(14-8-4-5-9-14)11-6-2-1-3-7-11/h1-3,6-7,13H,4-5,8-9H2/i14+1. The third-order valence-corrected chi connectivity index (χ3v) is 2.59. The molecule has 0 aromatic heterocycles. The van der Waals surface area contributed by atoms with Gasteiger partial charge in [0.2, 0.25) is 0 Å². The summed E-state index contributed by atoms with van der Waals surface area (Å²) in [5, 5.41) is 7.33. The first-order valence-electron chi connectivity index (χ1n) is 5.02. The SMILES string of the molecule is N=C=C(c1ccccc1)[15N]1CCCC1. The number of nitrogens with one attached hydrogen (secondary N) is 1. The second-order valence-corrected chi connectivity index (χ2v) is 3.53. The van der Waals surface area contributed by atoms with E-state index in [0.717, 1.165) is 24.4 Å². The van der Waals surface area contributed by atoms with Gasteiger partial charge in [-0.2, -0.15) is 0 Å². The maximum absolute atomic E-state index is 7.33. The molecule has 2 rings (SSSR count). The van der Waals surface area contributed by atoms with Gasteiger partial charge in [-0.05, 0) is 12.8 Å². The number of benzene rings is 1. The van der Waals surface area contributed by atoms with Gasteiger partial charge in [0, 0.05) is 24.5 Å². The van der Waals surface area contributed by atoms with Gasteiger partial charge in [0.05, 0.1) is 0 Å². The molecule has 1 aromatic rings. The number of nitrogens with zero attached hydrogens (tertiary/aromatic N) is 1. The molecule has 72 valence electrons. The minimum Gasteiger partial charge on any atom is -0.364 e. The van der Waals surface area contributed by atoms with Gasteiger partial charge in [-0.1, -0.05) is 30.3 Å². The van der Waals surface area contributed by atoms with Crippen molar-refractivity contribution in [2.24, 2.45) is 0 Å². The van der Waals surface area contributed by atoms with Crippen LogP contribution in [0.2, 0.25) is 0 Å². The fraction of sp³-hybridized carbons (Fsp3) is 0.333. The van der Waals surface area contributed by atoms with Crippen molar-refractivity contribution in [1.82, 2.24) is 4.90 Å². The fourth-order valence-electron chi connectivity index (χ4n) is 1.87. The second-order valence-electron chi connectivity index (χ2n) is 3.53. The first-order chi connectivity index (χ1) is 6.92. The average Bonchev–Trinajstić information content (AvgIpc) is 2.74. The minimum absolute atomic E-state index is 0.933. The van der Waals surface area contributed by atoms with Crippen molar-refractivity contribution < 1.29 is 0 Å². The molecular formula is C12H14N2. The zero-order chi connectivity index (χ0) is 9.80. The minimum atomic E-state index is 0.933. The van der Waals surface area contributed by atoms with Crippen LogP contribution in [0.5, 0.6) is 0 Å². The van der Waals surface area contributed by atoms with Crippen LogP contribution in [-0.2, 0) is 0 Å². The first kappa shape index (κ1) is 9.04. The third-order valence-electron chi connectivity index (χ3n) is 2.59. The molecular weight excluding hydrogens is 173 g/mol. The van der Waals surface area contributed by atoms with E-state index in [1.54, 1.807) is 0 Å². The summed E-state index contributed by atoms with van der Waals surface area (Å²) in [6.45, 7) is 2.13. The largest absolute Gasteiger partial charge is 0.364 e. The molecule has 0 amide bonds. The van der Waals surface area contributed by atoms with E-state index in [0.29, 0.717) is 0 Å². The summed E-state index contributed by atoms with van der Waals surface area (Å²) in [6.07, 6.45) is 2.47. The number of rotatable bonds is 2. The van der Waals surface area contributed by atoms with Crippen molar-refractivity contribution in [3.8, 4) is 0 Å². The Kier molecular flexibility index (Phi) is 2.66. The molecule has 2 heteroatoms. The van der Waals surface area contributed by atoms with Crippen molar-refractivity contribution >= 4 is 11.6 Å². The number of hydrogen-bond donors (Lipinski definition) is 1. The summed E-state index contributed by atoms with van der Waals surface area (Å²) >= 11 is 0. The number of likely N-dealkylation sites (tertiary alicyclic amines) is 1. The maximum atomic E-state index is 7.33. The van der Waals surface area contributed by atoms with Crippen molar-refractivity contribution in [2.75, 3.05) is 13.1 Å². The van der Waals surface area contributed by atoms with Crippen molar-refractivity contribution in [1.29, 1.82) is 5.41 Å². The number of hydrogen-bond acceptors (Lipinski definition) is 2. The Labute approximate surface area is 84.4 Å². The third kappa shape index (κ3) is 1.70. The Hall–Kier alpha value is -1.53. The van der Waals surface area contributed by atoms with Crippen molar-refractivity contribution in [2.45, 2.75) is 12.8 Å². The molecule has 1 aliphatic heterocycles.